The third-order valence-electron chi connectivity index (χ3n) is 4.36. The minimum Gasteiger partial charge on any atom is -0.493 e. The zero-order valence-corrected chi connectivity index (χ0v) is 20.3. The molecule has 2 aromatic carbocycles. The van der Waals surface area contributed by atoms with Gasteiger partial charge in [-0.15, -0.1) is 24.0 Å². The molecule has 0 aliphatic carbocycles. The van der Waals surface area contributed by atoms with Crippen LogP contribution in [0.25, 0.3) is 0 Å². The van der Waals surface area contributed by atoms with Crippen LogP contribution in [-0.4, -0.2) is 52.8 Å². The smallest absolute Gasteiger partial charge is 0.191 e. The molecule has 0 bridgehead atoms. The molecule has 0 aromatic heterocycles. The van der Waals surface area contributed by atoms with Crippen LogP contribution in [0.1, 0.15) is 16.7 Å². The number of methoxy groups -OCH3 is 2. The van der Waals surface area contributed by atoms with Crippen molar-refractivity contribution in [3.63, 3.8) is 0 Å². The van der Waals surface area contributed by atoms with Gasteiger partial charge < -0.3 is 25.0 Å². The minimum atomic E-state index is 0. The molecule has 7 heteroatoms. The zero-order valence-electron chi connectivity index (χ0n) is 18.0. The molecule has 29 heavy (non-hydrogen) atoms. The molecule has 0 spiro atoms. The first-order valence-corrected chi connectivity index (χ1v) is 9.43. The fraction of sp³-hybridized carbons (Fsp3) is 0.409. The van der Waals surface area contributed by atoms with Gasteiger partial charge in [0.2, 0.25) is 0 Å². The van der Waals surface area contributed by atoms with Gasteiger partial charge in [0.15, 0.2) is 17.5 Å². The van der Waals surface area contributed by atoms with Crippen molar-refractivity contribution in [2.75, 3.05) is 41.9 Å². The highest BCUT2D eigenvalue weighted by Crippen LogP contribution is 2.27. The zero-order chi connectivity index (χ0) is 20.4. The summed E-state index contributed by atoms with van der Waals surface area (Å²) in [6, 6.07) is 14.6. The fourth-order valence-electron chi connectivity index (χ4n) is 2.90. The second-order valence-electron chi connectivity index (χ2n) is 6.85. The number of benzene rings is 2. The summed E-state index contributed by atoms with van der Waals surface area (Å²) in [7, 11) is 9.23. The topological polar surface area (TPSA) is 58.1 Å². The molecule has 0 unspecified atom stereocenters. The van der Waals surface area contributed by atoms with E-state index in [1.54, 1.807) is 21.3 Å². The van der Waals surface area contributed by atoms with Gasteiger partial charge in [0.05, 0.1) is 14.2 Å². The van der Waals surface area contributed by atoms with Crippen molar-refractivity contribution in [2.45, 2.75) is 19.5 Å². The van der Waals surface area contributed by atoms with Crippen molar-refractivity contribution >= 4 is 29.9 Å². The molecule has 0 atom stereocenters. The molecule has 6 nitrogen and oxygen atoms in total. The number of nitrogens with zero attached hydrogens (tertiary/aromatic N) is 2. The van der Waals surface area contributed by atoms with Crippen LogP contribution in [0.4, 0.5) is 0 Å². The van der Waals surface area contributed by atoms with Crippen molar-refractivity contribution in [2.24, 2.45) is 4.99 Å². The molecule has 0 saturated carbocycles. The second kappa shape index (κ2) is 13.3. The third-order valence-corrected chi connectivity index (χ3v) is 4.36. The molecule has 2 rings (SSSR count). The van der Waals surface area contributed by atoms with Crippen LogP contribution in [0.2, 0.25) is 0 Å². The van der Waals surface area contributed by atoms with Gasteiger partial charge >= 0.3 is 0 Å². The number of hydrogen-bond donors (Lipinski definition) is 2. The van der Waals surface area contributed by atoms with Gasteiger partial charge in [0.1, 0.15) is 0 Å². The molecule has 0 amide bonds. The van der Waals surface area contributed by atoms with Gasteiger partial charge in [-0.05, 0) is 49.3 Å². The normalized spacial score (nSPS) is 11.0. The molecule has 0 aliphatic heterocycles. The molecular weight excluding hydrogens is 479 g/mol. The summed E-state index contributed by atoms with van der Waals surface area (Å²) in [6.45, 7) is 2.46. The molecule has 160 valence electrons. The van der Waals surface area contributed by atoms with Crippen LogP contribution in [0, 0.1) is 0 Å². The summed E-state index contributed by atoms with van der Waals surface area (Å²) in [5.41, 5.74) is 3.72. The summed E-state index contributed by atoms with van der Waals surface area (Å²) in [5.74, 6) is 2.28. The number of rotatable bonds is 9. The Kier molecular flexibility index (Phi) is 11.5. The van der Waals surface area contributed by atoms with Crippen LogP contribution in [-0.2, 0) is 19.5 Å². The maximum atomic E-state index is 5.36. The number of ether oxygens (including phenoxy) is 2. The predicted octanol–water partition coefficient (Wildman–Crippen LogP) is 3.29. The Morgan fingerprint density at radius 2 is 1.52 bits per heavy atom. The van der Waals surface area contributed by atoms with E-state index in [1.165, 1.54) is 16.7 Å². The first-order valence-electron chi connectivity index (χ1n) is 9.43. The lowest BCUT2D eigenvalue weighted by Gasteiger charge is -2.14. The first kappa shape index (κ1) is 25.0. The highest BCUT2D eigenvalue weighted by molar-refractivity contribution is 14.0. The molecule has 0 aliphatic rings. The molecule has 0 saturated heterocycles. The average Bonchev–Trinajstić information content (AvgIpc) is 2.71. The van der Waals surface area contributed by atoms with Crippen molar-refractivity contribution in [3.8, 4) is 11.5 Å². The number of hydrogen-bond acceptors (Lipinski definition) is 4. The van der Waals surface area contributed by atoms with Crippen LogP contribution < -0.4 is 20.1 Å². The number of nitrogens with one attached hydrogen (secondary N) is 2. The highest BCUT2D eigenvalue weighted by Gasteiger charge is 2.05. The van der Waals surface area contributed by atoms with Gasteiger partial charge in [-0.3, -0.25) is 4.99 Å². The Bertz CT molecular complexity index is 764. The predicted molar refractivity (Wildman–Crippen MR) is 131 cm³/mol. The van der Waals surface area contributed by atoms with Crippen LogP contribution in [0.5, 0.6) is 11.5 Å². The molecule has 0 radical (unpaired) electrons. The summed E-state index contributed by atoms with van der Waals surface area (Å²) in [6.07, 6.45) is 0.861. The second-order valence-corrected chi connectivity index (χ2v) is 6.85. The monoisotopic (exact) mass is 512 g/mol. The van der Waals surface area contributed by atoms with Crippen LogP contribution in [0.3, 0.4) is 0 Å². The highest BCUT2D eigenvalue weighted by atomic mass is 127. The molecule has 2 N–H and O–H groups in total. The van der Waals surface area contributed by atoms with E-state index in [2.05, 4.69) is 65.0 Å². The van der Waals surface area contributed by atoms with Crippen LogP contribution in [0.15, 0.2) is 47.5 Å². The lowest BCUT2D eigenvalue weighted by molar-refractivity contribution is 0.354. The molecule has 0 fully saturated rings. The molecule has 2 aromatic rings. The SMILES string of the molecule is CN=C(NCCc1ccc(OC)c(OC)c1)NCc1ccc(CN(C)C)cc1.I. The van der Waals surface area contributed by atoms with Gasteiger partial charge in [-0.1, -0.05) is 30.3 Å². The van der Waals surface area contributed by atoms with Crippen molar-refractivity contribution in [1.82, 2.24) is 15.5 Å². The van der Waals surface area contributed by atoms with E-state index in [0.717, 1.165) is 43.5 Å². The van der Waals surface area contributed by atoms with E-state index in [1.807, 2.05) is 12.1 Å². The van der Waals surface area contributed by atoms with E-state index < -0.39 is 0 Å². The van der Waals surface area contributed by atoms with E-state index in [-0.39, 0.29) is 24.0 Å². The number of halogens is 1. The lowest BCUT2D eigenvalue weighted by atomic mass is 10.1. The van der Waals surface area contributed by atoms with E-state index >= 15 is 0 Å². The van der Waals surface area contributed by atoms with E-state index in [9.17, 15) is 0 Å². The van der Waals surface area contributed by atoms with Gasteiger partial charge in [0, 0.05) is 26.7 Å². The van der Waals surface area contributed by atoms with Gasteiger partial charge in [-0.2, -0.15) is 0 Å². The Labute approximate surface area is 191 Å². The summed E-state index contributed by atoms with van der Waals surface area (Å²) < 4.78 is 10.6. The van der Waals surface area contributed by atoms with Crippen molar-refractivity contribution < 1.29 is 9.47 Å². The fourth-order valence-corrected chi connectivity index (χ4v) is 2.90. The van der Waals surface area contributed by atoms with Crippen molar-refractivity contribution in [1.29, 1.82) is 0 Å². The number of guanidine groups is 1. The van der Waals surface area contributed by atoms with E-state index in [0.29, 0.717) is 0 Å². The molecular formula is C22H33IN4O2. The quantitative estimate of drug-likeness (QED) is 0.307. The lowest BCUT2D eigenvalue weighted by Crippen LogP contribution is -2.37. The minimum absolute atomic E-state index is 0. The average molecular weight is 512 g/mol. The summed E-state index contributed by atoms with van der Waals surface area (Å²) in [5, 5.41) is 6.71. The van der Waals surface area contributed by atoms with Gasteiger partial charge in [0.25, 0.3) is 0 Å². The standard InChI is InChI=1S/C22H32N4O2.HI/c1-23-22(25-15-18-6-8-19(9-7-18)16-26(2)3)24-13-12-17-10-11-20(27-4)21(14-17)28-5;/h6-11,14H,12-13,15-16H2,1-5H3,(H2,23,24,25);1H. The van der Waals surface area contributed by atoms with Crippen LogP contribution >= 0.6 is 24.0 Å². The summed E-state index contributed by atoms with van der Waals surface area (Å²) in [4.78, 5) is 6.46. The van der Waals surface area contributed by atoms with E-state index in [4.69, 9.17) is 9.47 Å². The van der Waals surface area contributed by atoms with Crippen molar-refractivity contribution in [3.05, 3.63) is 59.2 Å². The molecule has 0 heterocycles. The Hall–Kier alpha value is -2.00. The summed E-state index contributed by atoms with van der Waals surface area (Å²) >= 11 is 0. The maximum absolute atomic E-state index is 5.36. The first-order chi connectivity index (χ1) is 13.5. The Morgan fingerprint density at radius 3 is 2.10 bits per heavy atom. The third kappa shape index (κ3) is 8.49. The number of aliphatic imine (C=N–C) groups is 1. The van der Waals surface area contributed by atoms with Gasteiger partial charge in [-0.25, -0.2) is 0 Å². The largest absolute Gasteiger partial charge is 0.493 e. The Morgan fingerprint density at radius 1 is 0.897 bits per heavy atom. The maximum Gasteiger partial charge on any atom is 0.191 e. The Balaban J connectivity index is 0.00000420.